The fraction of sp³-hybridized carbons (Fsp3) is 0.133. The first-order valence-electron chi connectivity index (χ1n) is 6.36. The first-order valence-corrected chi connectivity index (χ1v) is 6.74. The molecule has 2 aromatic rings. The minimum absolute atomic E-state index is 0.0583. The molecule has 2 N–H and O–H groups in total. The number of nitrogens with two attached hydrogens (primary N) is 1. The SMILES string of the molecule is NC1=NCC(c2ccc(Cl)c(F)c2)N1c1cccc(F)c1. The Hall–Kier alpha value is -2.14. The molecule has 108 valence electrons. The van der Waals surface area contributed by atoms with Crippen molar-refractivity contribution in [3.63, 3.8) is 0 Å². The van der Waals surface area contributed by atoms with Gasteiger partial charge in [-0.15, -0.1) is 0 Å². The van der Waals surface area contributed by atoms with E-state index >= 15 is 0 Å². The van der Waals surface area contributed by atoms with Crippen molar-refractivity contribution >= 4 is 23.2 Å². The number of aliphatic imine (C=N–C) groups is 1. The van der Waals surface area contributed by atoms with Crippen LogP contribution in [-0.4, -0.2) is 12.5 Å². The molecule has 1 heterocycles. The number of rotatable bonds is 2. The van der Waals surface area contributed by atoms with Crippen LogP contribution in [0, 0.1) is 11.6 Å². The number of nitrogens with zero attached hydrogens (tertiary/aromatic N) is 2. The van der Waals surface area contributed by atoms with Gasteiger partial charge in [-0.2, -0.15) is 0 Å². The second-order valence-corrected chi connectivity index (χ2v) is 5.15. The van der Waals surface area contributed by atoms with E-state index in [9.17, 15) is 8.78 Å². The lowest BCUT2D eigenvalue weighted by molar-refractivity contribution is 0.620. The highest BCUT2D eigenvalue weighted by atomic mass is 35.5. The molecule has 3 nitrogen and oxygen atoms in total. The van der Waals surface area contributed by atoms with E-state index in [2.05, 4.69) is 4.99 Å². The van der Waals surface area contributed by atoms with Gasteiger partial charge >= 0.3 is 0 Å². The molecule has 6 heteroatoms. The highest BCUT2D eigenvalue weighted by molar-refractivity contribution is 6.30. The molecule has 1 aliphatic rings. The molecule has 1 atom stereocenters. The Labute approximate surface area is 125 Å². The van der Waals surface area contributed by atoms with Crippen LogP contribution in [0.25, 0.3) is 0 Å². The number of benzene rings is 2. The zero-order chi connectivity index (χ0) is 15.0. The Morgan fingerprint density at radius 1 is 1.19 bits per heavy atom. The van der Waals surface area contributed by atoms with Gasteiger partial charge in [0.05, 0.1) is 17.6 Å². The summed E-state index contributed by atoms with van der Waals surface area (Å²) in [7, 11) is 0. The Balaban J connectivity index is 2.00. The Morgan fingerprint density at radius 3 is 2.71 bits per heavy atom. The molecule has 0 amide bonds. The molecule has 0 fully saturated rings. The standard InChI is InChI=1S/C15H12ClF2N3/c16-12-5-4-9(6-13(12)18)14-8-20-15(19)21(14)11-3-1-2-10(17)7-11/h1-7,14H,8H2,(H2,19,20). The lowest BCUT2D eigenvalue weighted by Crippen LogP contribution is -2.36. The molecule has 0 aliphatic carbocycles. The fourth-order valence-electron chi connectivity index (χ4n) is 2.41. The summed E-state index contributed by atoms with van der Waals surface area (Å²) in [5, 5.41) is 0.0583. The summed E-state index contributed by atoms with van der Waals surface area (Å²) in [4.78, 5) is 5.86. The van der Waals surface area contributed by atoms with Crippen LogP contribution in [0.3, 0.4) is 0 Å². The largest absolute Gasteiger partial charge is 0.369 e. The van der Waals surface area contributed by atoms with Gasteiger partial charge in [-0.25, -0.2) is 8.78 Å². The van der Waals surface area contributed by atoms with Crippen LogP contribution in [0.15, 0.2) is 47.5 Å². The third kappa shape index (κ3) is 2.56. The van der Waals surface area contributed by atoms with Gasteiger partial charge in [-0.3, -0.25) is 4.99 Å². The van der Waals surface area contributed by atoms with Crippen molar-refractivity contribution < 1.29 is 8.78 Å². The number of halogens is 3. The van der Waals surface area contributed by atoms with E-state index in [0.29, 0.717) is 17.8 Å². The number of hydrogen-bond acceptors (Lipinski definition) is 3. The molecule has 0 saturated carbocycles. The summed E-state index contributed by atoms with van der Waals surface area (Å²) in [5.41, 5.74) is 7.15. The van der Waals surface area contributed by atoms with Crippen molar-refractivity contribution in [1.82, 2.24) is 0 Å². The highest BCUT2D eigenvalue weighted by Gasteiger charge is 2.29. The Bertz CT molecular complexity index is 718. The molecule has 1 aliphatic heterocycles. The van der Waals surface area contributed by atoms with Crippen molar-refractivity contribution in [3.8, 4) is 0 Å². The first kappa shape index (κ1) is 13.8. The molecule has 3 rings (SSSR count). The summed E-state index contributed by atoms with van der Waals surface area (Å²) in [6, 6.07) is 10.3. The van der Waals surface area contributed by atoms with Gasteiger partial charge in [0.2, 0.25) is 0 Å². The van der Waals surface area contributed by atoms with Gasteiger partial charge in [0, 0.05) is 5.69 Å². The smallest absolute Gasteiger partial charge is 0.196 e. The molecule has 21 heavy (non-hydrogen) atoms. The van der Waals surface area contributed by atoms with Crippen LogP contribution in [0.1, 0.15) is 11.6 Å². The van der Waals surface area contributed by atoms with E-state index in [1.807, 2.05) is 0 Å². The minimum Gasteiger partial charge on any atom is -0.369 e. The topological polar surface area (TPSA) is 41.6 Å². The summed E-state index contributed by atoms with van der Waals surface area (Å²) in [5.74, 6) is -0.590. The third-order valence-electron chi connectivity index (χ3n) is 3.40. The van der Waals surface area contributed by atoms with E-state index in [1.165, 1.54) is 24.3 Å². The van der Waals surface area contributed by atoms with Gasteiger partial charge in [0.15, 0.2) is 5.96 Å². The lowest BCUT2D eigenvalue weighted by Gasteiger charge is -2.26. The van der Waals surface area contributed by atoms with Crippen molar-refractivity contribution in [2.45, 2.75) is 6.04 Å². The predicted octanol–water partition coefficient (Wildman–Crippen LogP) is 3.49. The van der Waals surface area contributed by atoms with Gasteiger partial charge in [-0.1, -0.05) is 23.7 Å². The van der Waals surface area contributed by atoms with Crippen LogP contribution in [-0.2, 0) is 0 Å². The number of guanidine groups is 1. The van der Waals surface area contributed by atoms with Crippen molar-refractivity contribution in [1.29, 1.82) is 0 Å². The number of hydrogen-bond donors (Lipinski definition) is 1. The van der Waals surface area contributed by atoms with Gasteiger partial charge < -0.3 is 10.6 Å². The Morgan fingerprint density at radius 2 is 2.00 bits per heavy atom. The predicted molar refractivity (Wildman–Crippen MR) is 79.5 cm³/mol. The first-order chi connectivity index (χ1) is 10.1. The number of anilines is 1. The molecule has 0 aromatic heterocycles. The summed E-state index contributed by atoms with van der Waals surface area (Å²) in [6.45, 7) is 0.378. The molecular weight excluding hydrogens is 296 g/mol. The summed E-state index contributed by atoms with van der Waals surface area (Å²) >= 11 is 5.70. The Kier molecular flexibility index (Phi) is 3.51. The van der Waals surface area contributed by atoms with Crippen LogP contribution in [0.5, 0.6) is 0 Å². The molecular formula is C15H12ClF2N3. The fourth-order valence-corrected chi connectivity index (χ4v) is 2.53. The lowest BCUT2D eigenvalue weighted by atomic mass is 10.1. The molecule has 1 unspecified atom stereocenters. The monoisotopic (exact) mass is 307 g/mol. The van der Waals surface area contributed by atoms with Crippen LogP contribution in [0.2, 0.25) is 5.02 Å². The minimum atomic E-state index is -0.501. The average molecular weight is 308 g/mol. The second-order valence-electron chi connectivity index (χ2n) is 4.74. The maximum Gasteiger partial charge on any atom is 0.196 e. The molecule has 0 bridgehead atoms. The molecule has 0 radical (unpaired) electrons. The maximum absolute atomic E-state index is 13.6. The van der Waals surface area contributed by atoms with E-state index in [-0.39, 0.29) is 22.8 Å². The van der Waals surface area contributed by atoms with Crippen molar-refractivity contribution in [2.75, 3.05) is 11.4 Å². The van der Waals surface area contributed by atoms with Crippen LogP contribution >= 0.6 is 11.6 Å². The van der Waals surface area contributed by atoms with Gasteiger partial charge in [0.1, 0.15) is 11.6 Å². The molecule has 0 saturated heterocycles. The summed E-state index contributed by atoms with van der Waals surface area (Å²) < 4.78 is 27.1. The average Bonchev–Trinajstić information content (AvgIpc) is 2.84. The third-order valence-corrected chi connectivity index (χ3v) is 3.71. The van der Waals surface area contributed by atoms with Crippen LogP contribution < -0.4 is 10.6 Å². The maximum atomic E-state index is 13.6. The van der Waals surface area contributed by atoms with E-state index in [1.54, 1.807) is 23.1 Å². The second kappa shape index (κ2) is 5.33. The van der Waals surface area contributed by atoms with Crippen molar-refractivity contribution in [2.24, 2.45) is 10.7 Å². The quantitative estimate of drug-likeness (QED) is 0.922. The molecule has 2 aromatic carbocycles. The normalized spacial score (nSPS) is 18.0. The van der Waals surface area contributed by atoms with Gasteiger partial charge in [0.25, 0.3) is 0 Å². The van der Waals surface area contributed by atoms with E-state index in [4.69, 9.17) is 17.3 Å². The van der Waals surface area contributed by atoms with E-state index in [0.717, 1.165) is 0 Å². The molecule has 0 spiro atoms. The van der Waals surface area contributed by atoms with Crippen molar-refractivity contribution in [3.05, 3.63) is 64.7 Å². The van der Waals surface area contributed by atoms with Crippen LogP contribution in [0.4, 0.5) is 14.5 Å². The highest BCUT2D eigenvalue weighted by Crippen LogP contribution is 2.32. The zero-order valence-corrected chi connectivity index (χ0v) is 11.7. The van der Waals surface area contributed by atoms with E-state index < -0.39 is 5.82 Å². The summed E-state index contributed by atoms with van der Waals surface area (Å²) in [6.07, 6.45) is 0. The van der Waals surface area contributed by atoms with Gasteiger partial charge in [-0.05, 0) is 35.9 Å². The zero-order valence-electron chi connectivity index (χ0n) is 10.9.